The fourth-order valence-corrected chi connectivity index (χ4v) is 4.42. The van der Waals surface area contributed by atoms with Crippen LogP contribution < -0.4 is 5.32 Å². The van der Waals surface area contributed by atoms with E-state index in [4.69, 9.17) is 0 Å². The number of hydrogen-bond acceptors (Lipinski definition) is 2. The highest BCUT2D eigenvalue weighted by molar-refractivity contribution is 7.15. The second-order valence-corrected chi connectivity index (χ2v) is 7.02. The number of aryl methyl sites for hydroxylation is 1. The first-order chi connectivity index (χ1) is 9.31. The van der Waals surface area contributed by atoms with Gasteiger partial charge in [-0.15, -0.1) is 11.3 Å². The van der Waals surface area contributed by atoms with Crippen LogP contribution in [0.1, 0.15) is 35.8 Å². The molecule has 2 heterocycles. The van der Waals surface area contributed by atoms with E-state index in [1.54, 1.807) is 10.4 Å². The van der Waals surface area contributed by atoms with Crippen molar-refractivity contribution in [1.82, 2.24) is 5.32 Å². The van der Waals surface area contributed by atoms with Crippen molar-refractivity contribution in [3.05, 3.63) is 46.3 Å². The molecule has 2 aliphatic rings. The molecule has 0 unspecified atom stereocenters. The van der Waals surface area contributed by atoms with Crippen LogP contribution in [0.2, 0.25) is 0 Å². The minimum atomic E-state index is 0.506. The molecule has 1 fully saturated rings. The van der Waals surface area contributed by atoms with Gasteiger partial charge in [-0.1, -0.05) is 31.2 Å². The van der Waals surface area contributed by atoms with Crippen molar-refractivity contribution >= 4 is 11.3 Å². The smallest absolute Gasteiger partial charge is 0.0349 e. The summed E-state index contributed by atoms with van der Waals surface area (Å²) in [6, 6.07) is 11.6. The second kappa shape index (κ2) is 4.19. The lowest BCUT2D eigenvalue weighted by Crippen LogP contribution is -2.31. The molecular weight excluding hydrogens is 250 g/mol. The number of hydrogen-bond donors (Lipinski definition) is 1. The molecule has 0 amide bonds. The Morgan fingerprint density at radius 3 is 2.68 bits per heavy atom. The molecule has 2 aromatic rings. The highest BCUT2D eigenvalue weighted by atomic mass is 32.1. The Labute approximate surface area is 118 Å². The maximum Gasteiger partial charge on any atom is 0.0349 e. The van der Waals surface area contributed by atoms with Crippen LogP contribution in [0.5, 0.6) is 0 Å². The van der Waals surface area contributed by atoms with Gasteiger partial charge in [-0.3, -0.25) is 0 Å². The van der Waals surface area contributed by atoms with Gasteiger partial charge in [0, 0.05) is 28.3 Å². The highest BCUT2D eigenvalue weighted by Gasteiger charge is 2.47. The SMILES string of the molecule is CCc1ccc(-c2cc3c(s2)CNCC32CC2)cc1. The molecule has 1 saturated carbocycles. The first kappa shape index (κ1) is 11.7. The summed E-state index contributed by atoms with van der Waals surface area (Å²) < 4.78 is 0. The molecule has 1 aromatic carbocycles. The normalized spacial score (nSPS) is 19.4. The number of rotatable bonds is 2. The minimum Gasteiger partial charge on any atom is -0.311 e. The first-order valence-electron chi connectivity index (χ1n) is 7.24. The van der Waals surface area contributed by atoms with Crippen LogP contribution in [0.25, 0.3) is 10.4 Å². The zero-order valence-corrected chi connectivity index (χ0v) is 12.1. The Kier molecular flexibility index (Phi) is 2.58. The third-order valence-electron chi connectivity index (χ3n) is 4.63. The quantitative estimate of drug-likeness (QED) is 0.865. The van der Waals surface area contributed by atoms with E-state index in [-0.39, 0.29) is 0 Å². The molecule has 1 aliphatic heterocycles. The summed E-state index contributed by atoms with van der Waals surface area (Å²) in [4.78, 5) is 3.01. The van der Waals surface area contributed by atoms with Crippen LogP contribution >= 0.6 is 11.3 Å². The average Bonchev–Trinajstić information content (AvgIpc) is 3.07. The topological polar surface area (TPSA) is 12.0 Å². The molecule has 1 nitrogen and oxygen atoms in total. The summed E-state index contributed by atoms with van der Waals surface area (Å²) in [6.07, 6.45) is 3.87. The van der Waals surface area contributed by atoms with Crippen LogP contribution in [0, 0.1) is 0 Å². The molecule has 1 N–H and O–H groups in total. The van der Waals surface area contributed by atoms with Crippen LogP contribution in [0.3, 0.4) is 0 Å². The average molecular weight is 269 g/mol. The standard InChI is InChI=1S/C17H19NS/c1-2-12-3-5-13(6-4-12)15-9-14-16(19-15)10-18-11-17(14)7-8-17/h3-6,9,18H,2,7-8,10-11H2,1H3. The molecule has 1 aromatic heterocycles. The molecule has 0 bridgehead atoms. The van der Waals surface area contributed by atoms with Gasteiger partial charge in [-0.05, 0) is 42.0 Å². The molecule has 1 aliphatic carbocycles. The van der Waals surface area contributed by atoms with Gasteiger partial charge in [-0.25, -0.2) is 0 Å². The first-order valence-corrected chi connectivity index (χ1v) is 8.06. The van der Waals surface area contributed by atoms with Crippen molar-refractivity contribution in [2.24, 2.45) is 0 Å². The Bertz CT molecular complexity index is 605. The predicted octanol–water partition coefficient (Wildman–Crippen LogP) is 4.11. The molecule has 2 heteroatoms. The third-order valence-corrected chi connectivity index (χ3v) is 5.81. The maximum atomic E-state index is 3.59. The van der Waals surface area contributed by atoms with Gasteiger partial charge < -0.3 is 5.32 Å². The number of benzene rings is 1. The zero-order valence-electron chi connectivity index (χ0n) is 11.3. The van der Waals surface area contributed by atoms with E-state index < -0.39 is 0 Å². The van der Waals surface area contributed by atoms with E-state index in [2.05, 4.69) is 42.6 Å². The van der Waals surface area contributed by atoms with Crippen molar-refractivity contribution in [3.8, 4) is 10.4 Å². The zero-order chi connectivity index (χ0) is 12.9. The van der Waals surface area contributed by atoms with Crippen molar-refractivity contribution in [2.75, 3.05) is 6.54 Å². The van der Waals surface area contributed by atoms with E-state index in [0.29, 0.717) is 5.41 Å². The van der Waals surface area contributed by atoms with E-state index >= 15 is 0 Å². The molecule has 1 spiro atoms. The third kappa shape index (κ3) is 1.86. The summed E-state index contributed by atoms with van der Waals surface area (Å²) in [6.45, 7) is 4.46. The van der Waals surface area contributed by atoms with Crippen LogP contribution in [-0.4, -0.2) is 6.54 Å². The van der Waals surface area contributed by atoms with Crippen LogP contribution in [0.15, 0.2) is 30.3 Å². The molecule has 0 saturated heterocycles. The Hall–Kier alpha value is -1.12. The van der Waals surface area contributed by atoms with Crippen molar-refractivity contribution in [3.63, 3.8) is 0 Å². The van der Waals surface area contributed by atoms with E-state index in [1.807, 2.05) is 11.3 Å². The Morgan fingerprint density at radius 2 is 2.00 bits per heavy atom. The van der Waals surface area contributed by atoms with Gasteiger partial charge in [0.15, 0.2) is 0 Å². The van der Waals surface area contributed by atoms with Crippen LogP contribution in [-0.2, 0) is 18.4 Å². The molecule has 0 atom stereocenters. The lowest BCUT2D eigenvalue weighted by atomic mass is 9.93. The lowest BCUT2D eigenvalue weighted by molar-refractivity contribution is 0.539. The molecule has 98 valence electrons. The number of thiophene rings is 1. The summed E-state index contributed by atoms with van der Waals surface area (Å²) in [5.74, 6) is 0. The fraction of sp³-hybridized carbons (Fsp3) is 0.412. The molecule has 19 heavy (non-hydrogen) atoms. The van der Waals surface area contributed by atoms with E-state index in [0.717, 1.165) is 13.0 Å². The second-order valence-electron chi connectivity index (χ2n) is 5.88. The van der Waals surface area contributed by atoms with Crippen molar-refractivity contribution < 1.29 is 0 Å². The monoisotopic (exact) mass is 269 g/mol. The van der Waals surface area contributed by atoms with Gasteiger partial charge >= 0.3 is 0 Å². The largest absolute Gasteiger partial charge is 0.311 e. The predicted molar refractivity (Wildman–Crippen MR) is 81.8 cm³/mol. The van der Waals surface area contributed by atoms with Gasteiger partial charge in [0.2, 0.25) is 0 Å². The Balaban J connectivity index is 1.74. The number of fused-ring (bicyclic) bond motifs is 2. The molecule has 0 radical (unpaired) electrons. The highest BCUT2D eigenvalue weighted by Crippen LogP contribution is 2.53. The van der Waals surface area contributed by atoms with E-state index in [9.17, 15) is 0 Å². The van der Waals surface area contributed by atoms with Crippen molar-refractivity contribution in [1.29, 1.82) is 0 Å². The number of nitrogens with one attached hydrogen (secondary N) is 1. The molecular formula is C17H19NS. The van der Waals surface area contributed by atoms with Crippen LogP contribution in [0.4, 0.5) is 0 Å². The summed E-state index contributed by atoms with van der Waals surface area (Å²) in [7, 11) is 0. The lowest BCUT2D eigenvalue weighted by Gasteiger charge is -2.22. The van der Waals surface area contributed by atoms with Gasteiger partial charge in [0.25, 0.3) is 0 Å². The van der Waals surface area contributed by atoms with Crippen molar-refractivity contribution in [2.45, 2.75) is 38.1 Å². The maximum absolute atomic E-state index is 3.59. The minimum absolute atomic E-state index is 0.506. The fourth-order valence-electron chi connectivity index (χ4n) is 3.16. The van der Waals surface area contributed by atoms with E-state index in [1.165, 1.54) is 35.4 Å². The summed E-state index contributed by atoms with van der Waals surface area (Å²) in [5.41, 5.74) is 4.95. The van der Waals surface area contributed by atoms with Gasteiger partial charge in [-0.2, -0.15) is 0 Å². The van der Waals surface area contributed by atoms with Gasteiger partial charge in [0.05, 0.1) is 0 Å². The summed E-state index contributed by atoms with van der Waals surface area (Å²) >= 11 is 1.98. The van der Waals surface area contributed by atoms with Gasteiger partial charge in [0.1, 0.15) is 0 Å². The molecule has 4 rings (SSSR count). The Morgan fingerprint density at radius 1 is 1.21 bits per heavy atom. The summed E-state index contributed by atoms with van der Waals surface area (Å²) in [5, 5.41) is 3.59.